The number of carbonyl (C=O) groups is 1. The van der Waals surface area contributed by atoms with Crippen LogP contribution in [0.1, 0.15) is 23.4 Å². The molecule has 5 aromatic rings. The maximum atomic E-state index is 12.4. The lowest BCUT2D eigenvalue weighted by Gasteiger charge is -2.12. The van der Waals surface area contributed by atoms with E-state index in [-0.39, 0.29) is 5.91 Å². The van der Waals surface area contributed by atoms with Gasteiger partial charge in [0.1, 0.15) is 19.2 Å². The highest BCUT2D eigenvalue weighted by molar-refractivity contribution is 6.36. The highest BCUT2D eigenvalue weighted by Gasteiger charge is 2.13. The molecular weight excluding hydrogens is 449 g/mol. The summed E-state index contributed by atoms with van der Waals surface area (Å²) in [6.07, 6.45) is 3.49. The number of nitrogens with one attached hydrogen (secondary N) is 2. The molecule has 0 aliphatic rings. The number of unbranched alkanes of at least 4 members (excludes halogenated alkanes) is 1. The standard InChI is InChI=1S/C25H23BClN5O2/c26-18-15-30-32-23(14-20(31-24(18)32)17-8-2-3-9-19(17)27)28-11-5-6-12-29-25(33)22-13-16-7-1-4-10-21(16)34-22/h1-4,7-10,13-15,28H,5-6,11-12,26H2,(H,29,33). The lowest BCUT2D eigenvalue weighted by atomic mass is 10.0. The van der Waals surface area contributed by atoms with E-state index in [1.807, 2.05) is 62.4 Å². The van der Waals surface area contributed by atoms with Gasteiger partial charge in [-0.2, -0.15) is 9.61 Å². The van der Waals surface area contributed by atoms with E-state index in [0.29, 0.717) is 22.9 Å². The lowest BCUT2D eigenvalue weighted by molar-refractivity contribution is 0.0927. The summed E-state index contributed by atoms with van der Waals surface area (Å²) < 4.78 is 7.42. The molecule has 0 unspecified atom stereocenters. The molecule has 170 valence electrons. The number of para-hydroxylation sites is 1. The summed E-state index contributed by atoms with van der Waals surface area (Å²) in [4.78, 5) is 17.1. The summed E-state index contributed by atoms with van der Waals surface area (Å²) >= 11 is 6.41. The van der Waals surface area contributed by atoms with Gasteiger partial charge < -0.3 is 15.1 Å². The Morgan fingerprint density at radius 2 is 1.85 bits per heavy atom. The molecule has 0 aliphatic carbocycles. The molecule has 0 aliphatic heterocycles. The fourth-order valence-electron chi connectivity index (χ4n) is 3.85. The van der Waals surface area contributed by atoms with Gasteiger partial charge >= 0.3 is 0 Å². The summed E-state index contributed by atoms with van der Waals surface area (Å²) in [5.74, 6) is 0.982. The summed E-state index contributed by atoms with van der Waals surface area (Å²) in [7, 11) is 1.99. The number of rotatable bonds is 8. The lowest BCUT2D eigenvalue weighted by Crippen LogP contribution is -2.24. The summed E-state index contributed by atoms with van der Waals surface area (Å²) in [6.45, 7) is 1.29. The summed E-state index contributed by atoms with van der Waals surface area (Å²) in [6, 6.07) is 19.0. The zero-order chi connectivity index (χ0) is 23.5. The van der Waals surface area contributed by atoms with Crippen LogP contribution in [0.5, 0.6) is 0 Å². The molecule has 7 nitrogen and oxygen atoms in total. The van der Waals surface area contributed by atoms with Gasteiger partial charge in [-0.15, -0.1) is 0 Å². The molecule has 5 rings (SSSR count). The molecule has 0 saturated heterocycles. The molecule has 0 bridgehead atoms. The van der Waals surface area contributed by atoms with Gasteiger partial charge in [-0.25, -0.2) is 4.98 Å². The normalized spacial score (nSPS) is 11.2. The number of anilines is 1. The number of hydrogen-bond donors (Lipinski definition) is 2. The molecule has 0 spiro atoms. The molecule has 0 radical (unpaired) electrons. The van der Waals surface area contributed by atoms with Crippen LogP contribution < -0.4 is 16.1 Å². The quantitative estimate of drug-likeness (QED) is 0.266. The van der Waals surface area contributed by atoms with Gasteiger partial charge in [-0.05, 0) is 36.5 Å². The first kappa shape index (κ1) is 22.0. The average molecular weight is 472 g/mol. The molecule has 2 aromatic carbocycles. The minimum atomic E-state index is -0.198. The van der Waals surface area contributed by atoms with Crippen molar-refractivity contribution in [2.75, 3.05) is 18.4 Å². The number of benzene rings is 2. The first-order valence-corrected chi connectivity index (χ1v) is 11.6. The Morgan fingerprint density at radius 3 is 2.71 bits per heavy atom. The van der Waals surface area contributed by atoms with Gasteiger partial charge in [0.15, 0.2) is 11.4 Å². The maximum absolute atomic E-state index is 12.4. The predicted octanol–water partition coefficient (Wildman–Crippen LogP) is 3.68. The molecule has 0 fully saturated rings. The van der Waals surface area contributed by atoms with Crippen LogP contribution in [-0.2, 0) is 0 Å². The van der Waals surface area contributed by atoms with Gasteiger partial charge in [0.05, 0.1) is 5.69 Å². The monoisotopic (exact) mass is 471 g/mol. The van der Waals surface area contributed by atoms with Crippen LogP contribution in [0, 0.1) is 0 Å². The van der Waals surface area contributed by atoms with Crippen LogP contribution in [0.3, 0.4) is 0 Å². The van der Waals surface area contributed by atoms with Crippen LogP contribution in [-0.4, -0.2) is 41.4 Å². The number of hydrogen-bond acceptors (Lipinski definition) is 5. The first-order valence-electron chi connectivity index (χ1n) is 11.2. The SMILES string of the molecule is Bc1cnn2c(NCCCCNC(=O)c3cc4ccccc4o3)cc(-c3ccccc3Cl)nc12. The second kappa shape index (κ2) is 9.61. The minimum absolute atomic E-state index is 0.198. The van der Waals surface area contributed by atoms with Crippen molar-refractivity contribution in [3.05, 3.63) is 77.6 Å². The van der Waals surface area contributed by atoms with Crippen molar-refractivity contribution >= 4 is 53.3 Å². The molecule has 34 heavy (non-hydrogen) atoms. The number of amides is 1. The van der Waals surface area contributed by atoms with E-state index in [1.165, 1.54) is 0 Å². The Hall–Kier alpha value is -3.78. The Labute approximate surface area is 202 Å². The molecule has 1 amide bonds. The Bertz CT molecular complexity index is 1450. The topological polar surface area (TPSA) is 84.5 Å². The number of halogens is 1. The van der Waals surface area contributed by atoms with E-state index in [2.05, 4.69) is 15.7 Å². The van der Waals surface area contributed by atoms with Crippen molar-refractivity contribution < 1.29 is 9.21 Å². The second-order valence-corrected chi connectivity index (χ2v) is 8.51. The minimum Gasteiger partial charge on any atom is -0.451 e. The number of nitrogens with zero attached hydrogens (tertiary/aromatic N) is 3. The number of carbonyl (C=O) groups excluding carboxylic acids is 1. The smallest absolute Gasteiger partial charge is 0.287 e. The molecular formula is C25H23BClN5O2. The fraction of sp³-hybridized carbons (Fsp3) is 0.160. The van der Waals surface area contributed by atoms with Gasteiger partial charge in [-0.3, -0.25) is 4.79 Å². The Morgan fingerprint density at radius 1 is 1.06 bits per heavy atom. The van der Waals surface area contributed by atoms with Crippen LogP contribution in [0.4, 0.5) is 5.82 Å². The summed E-state index contributed by atoms with van der Waals surface area (Å²) in [5, 5.41) is 12.4. The van der Waals surface area contributed by atoms with Crippen molar-refractivity contribution in [2.45, 2.75) is 12.8 Å². The highest BCUT2D eigenvalue weighted by atomic mass is 35.5. The van der Waals surface area contributed by atoms with Crippen molar-refractivity contribution in [2.24, 2.45) is 0 Å². The van der Waals surface area contributed by atoms with Crippen molar-refractivity contribution in [1.82, 2.24) is 19.9 Å². The van der Waals surface area contributed by atoms with E-state index in [1.54, 1.807) is 16.8 Å². The van der Waals surface area contributed by atoms with Gasteiger partial charge in [0, 0.05) is 41.3 Å². The fourth-order valence-corrected chi connectivity index (χ4v) is 4.09. The molecule has 0 atom stereocenters. The third-order valence-electron chi connectivity index (χ3n) is 5.64. The zero-order valence-electron chi connectivity index (χ0n) is 18.7. The van der Waals surface area contributed by atoms with Gasteiger partial charge in [-0.1, -0.05) is 48.0 Å². The van der Waals surface area contributed by atoms with E-state index < -0.39 is 0 Å². The van der Waals surface area contributed by atoms with Crippen LogP contribution in [0.15, 0.2) is 71.3 Å². The Balaban J connectivity index is 1.19. The molecule has 2 N–H and O–H groups in total. The van der Waals surface area contributed by atoms with Crippen LogP contribution in [0.2, 0.25) is 5.02 Å². The van der Waals surface area contributed by atoms with Crippen LogP contribution in [0.25, 0.3) is 27.9 Å². The third kappa shape index (κ3) is 4.49. The van der Waals surface area contributed by atoms with Gasteiger partial charge in [0.25, 0.3) is 5.91 Å². The zero-order valence-corrected chi connectivity index (χ0v) is 19.5. The highest BCUT2D eigenvalue weighted by Crippen LogP contribution is 2.28. The maximum Gasteiger partial charge on any atom is 0.287 e. The number of furan rings is 1. The van der Waals surface area contributed by atoms with E-state index in [0.717, 1.165) is 53.0 Å². The number of aromatic nitrogens is 3. The molecule has 3 aromatic heterocycles. The van der Waals surface area contributed by atoms with Crippen molar-refractivity contribution in [3.8, 4) is 11.3 Å². The second-order valence-electron chi connectivity index (χ2n) is 8.11. The summed E-state index contributed by atoms with van der Waals surface area (Å²) in [5.41, 5.74) is 4.17. The average Bonchev–Trinajstić information content (AvgIpc) is 3.45. The van der Waals surface area contributed by atoms with Gasteiger partial charge in [0.2, 0.25) is 0 Å². The third-order valence-corrected chi connectivity index (χ3v) is 5.97. The molecule has 3 heterocycles. The molecule has 0 saturated carbocycles. The molecule has 9 heteroatoms. The number of fused-ring (bicyclic) bond motifs is 2. The van der Waals surface area contributed by atoms with E-state index in [9.17, 15) is 4.79 Å². The largest absolute Gasteiger partial charge is 0.451 e. The Kier molecular flexibility index (Phi) is 6.23. The predicted molar refractivity (Wildman–Crippen MR) is 138 cm³/mol. The van der Waals surface area contributed by atoms with E-state index in [4.69, 9.17) is 21.0 Å². The van der Waals surface area contributed by atoms with E-state index >= 15 is 0 Å². The van der Waals surface area contributed by atoms with Crippen LogP contribution >= 0.6 is 11.6 Å². The van der Waals surface area contributed by atoms with Crippen molar-refractivity contribution in [3.63, 3.8) is 0 Å². The first-order chi connectivity index (χ1) is 16.6. The van der Waals surface area contributed by atoms with Crippen molar-refractivity contribution in [1.29, 1.82) is 0 Å².